The monoisotopic (exact) mass is 523 g/mol. The lowest BCUT2D eigenvalue weighted by molar-refractivity contribution is -0.131. The number of methoxy groups -OCH3 is 2. The van der Waals surface area contributed by atoms with E-state index in [-0.39, 0.29) is 29.6 Å². The van der Waals surface area contributed by atoms with Gasteiger partial charge in [0.05, 0.1) is 20.8 Å². The van der Waals surface area contributed by atoms with E-state index < -0.39 is 10.0 Å². The van der Waals surface area contributed by atoms with Crippen LogP contribution in [0.3, 0.4) is 0 Å². The molecule has 0 bridgehead atoms. The molecule has 3 aromatic rings. The third-order valence-electron chi connectivity index (χ3n) is 6.52. The number of benzene rings is 3. The molecule has 0 unspecified atom stereocenters. The van der Waals surface area contributed by atoms with Gasteiger partial charge in [-0.3, -0.25) is 4.79 Å². The van der Waals surface area contributed by atoms with Crippen LogP contribution < -0.4 is 14.4 Å². The molecule has 0 spiro atoms. The number of amides is 1. The van der Waals surface area contributed by atoms with Gasteiger partial charge < -0.3 is 19.3 Å². The molecule has 1 aliphatic heterocycles. The van der Waals surface area contributed by atoms with E-state index >= 15 is 0 Å². The van der Waals surface area contributed by atoms with E-state index in [1.807, 2.05) is 61.5 Å². The van der Waals surface area contributed by atoms with Crippen molar-refractivity contribution in [3.05, 3.63) is 83.9 Å². The maximum atomic E-state index is 13.8. The molecule has 0 atom stereocenters. The van der Waals surface area contributed by atoms with Gasteiger partial charge in [-0.1, -0.05) is 36.4 Å². The Bertz CT molecular complexity index is 1310. The maximum Gasteiger partial charge on any atom is 0.247 e. The second kappa shape index (κ2) is 11.7. The van der Waals surface area contributed by atoms with E-state index in [1.165, 1.54) is 11.4 Å². The number of hydrogen-bond acceptors (Lipinski definition) is 6. The highest BCUT2D eigenvalue weighted by atomic mass is 32.2. The number of sulfonamides is 1. The fraction of sp³-hybridized carbons (Fsp3) is 0.321. The topological polar surface area (TPSA) is 79.4 Å². The van der Waals surface area contributed by atoms with Gasteiger partial charge in [0.2, 0.25) is 15.9 Å². The van der Waals surface area contributed by atoms with Crippen molar-refractivity contribution in [1.82, 2.24) is 9.21 Å². The Kier molecular flexibility index (Phi) is 8.35. The van der Waals surface area contributed by atoms with Crippen LogP contribution in [0.5, 0.6) is 11.5 Å². The van der Waals surface area contributed by atoms with Gasteiger partial charge in [0.25, 0.3) is 0 Å². The van der Waals surface area contributed by atoms with Gasteiger partial charge in [0, 0.05) is 38.4 Å². The molecular weight excluding hydrogens is 490 g/mol. The predicted octanol–water partition coefficient (Wildman–Crippen LogP) is 3.55. The zero-order chi connectivity index (χ0) is 26.4. The molecule has 3 aromatic carbocycles. The van der Waals surface area contributed by atoms with Crippen LogP contribution in [-0.2, 0) is 21.4 Å². The lowest BCUT2D eigenvalue weighted by Gasteiger charge is -2.37. The first kappa shape index (κ1) is 26.5. The van der Waals surface area contributed by atoms with Gasteiger partial charge in [-0.15, -0.1) is 0 Å². The molecule has 0 aromatic heterocycles. The smallest absolute Gasteiger partial charge is 0.247 e. The number of carbonyl (C=O) groups excluding carboxylic acids is 1. The Morgan fingerprint density at radius 2 is 1.57 bits per heavy atom. The van der Waals surface area contributed by atoms with Gasteiger partial charge >= 0.3 is 0 Å². The molecule has 1 heterocycles. The van der Waals surface area contributed by atoms with Crippen LogP contribution in [0.25, 0.3) is 0 Å². The molecule has 1 saturated heterocycles. The molecule has 196 valence electrons. The van der Waals surface area contributed by atoms with E-state index in [1.54, 1.807) is 30.2 Å². The van der Waals surface area contributed by atoms with Crippen LogP contribution in [0, 0.1) is 6.92 Å². The lowest BCUT2D eigenvalue weighted by atomic mass is 10.2. The fourth-order valence-corrected chi connectivity index (χ4v) is 6.01. The summed E-state index contributed by atoms with van der Waals surface area (Å²) in [5.74, 6) is 0.826. The van der Waals surface area contributed by atoms with Crippen molar-refractivity contribution in [3.63, 3.8) is 0 Å². The molecule has 1 aliphatic rings. The highest BCUT2D eigenvalue weighted by molar-refractivity contribution is 7.89. The summed E-state index contributed by atoms with van der Waals surface area (Å²) in [4.78, 5) is 17.4. The number of anilines is 1. The van der Waals surface area contributed by atoms with E-state index in [2.05, 4.69) is 4.90 Å². The molecule has 1 amide bonds. The summed E-state index contributed by atoms with van der Waals surface area (Å²) in [5.41, 5.74) is 2.66. The van der Waals surface area contributed by atoms with Gasteiger partial charge in [-0.25, -0.2) is 8.42 Å². The van der Waals surface area contributed by atoms with E-state index in [0.717, 1.165) is 22.6 Å². The van der Waals surface area contributed by atoms with Gasteiger partial charge in [0.1, 0.15) is 16.4 Å². The van der Waals surface area contributed by atoms with Crippen molar-refractivity contribution in [2.75, 3.05) is 51.8 Å². The molecule has 0 radical (unpaired) electrons. The predicted molar refractivity (Wildman–Crippen MR) is 144 cm³/mol. The first-order chi connectivity index (χ1) is 17.8. The molecule has 0 N–H and O–H groups in total. The SMILES string of the molecule is COc1ccc(N2CCN(C(=O)CN(Cc3ccccc3)S(=O)(=O)c3cc(C)ccc3OC)CC2)cc1. The first-order valence-electron chi connectivity index (χ1n) is 12.2. The molecule has 0 saturated carbocycles. The van der Waals surface area contributed by atoms with Gasteiger partial charge in [-0.05, 0) is 54.4 Å². The number of carbonyl (C=O) groups is 1. The summed E-state index contributed by atoms with van der Waals surface area (Å²) in [6.45, 7) is 4.00. The van der Waals surface area contributed by atoms with Crippen molar-refractivity contribution in [2.45, 2.75) is 18.4 Å². The Morgan fingerprint density at radius 1 is 0.892 bits per heavy atom. The average Bonchev–Trinajstić information content (AvgIpc) is 2.93. The molecular formula is C28H33N3O5S. The van der Waals surface area contributed by atoms with E-state index in [0.29, 0.717) is 26.2 Å². The third-order valence-corrected chi connectivity index (χ3v) is 8.33. The van der Waals surface area contributed by atoms with E-state index in [4.69, 9.17) is 9.47 Å². The molecule has 9 heteroatoms. The molecule has 37 heavy (non-hydrogen) atoms. The Morgan fingerprint density at radius 3 is 2.19 bits per heavy atom. The summed E-state index contributed by atoms with van der Waals surface area (Å²) in [6.07, 6.45) is 0. The van der Waals surface area contributed by atoms with Crippen molar-refractivity contribution in [3.8, 4) is 11.5 Å². The first-order valence-corrected chi connectivity index (χ1v) is 13.6. The normalized spacial score (nSPS) is 14.1. The standard InChI is InChI=1S/C28H33N3O5S/c1-22-9-14-26(36-3)27(19-22)37(33,34)31(20-23-7-5-4-6-8-23)21-28(32)30-17-15-29(16-18-30)24-10-12-25(35-2)13-11-24/h4-14,19H,15-18,20-21H2,1-3H3. The number of nitrogens with zero attached hydrogens (tertiary/aromatic N) is 3. The van der Waals surface area contributed by atoms with Crippen molar-refractivity contribution >= 4 is 21.6 Å². The summed E-state index contributed by atoms with van der Waals surface area (Å²) >= 11 is 0. The third kappa shape index (κ3) is 6.23. The number of piperazine rings is 1. The second-order valence-electron chi connectivity index (χ2n) is 8.98. The molecule has 4 rings (SSSR count). The second-order valence-corrected chi connectivity index (χ2v) is 10.9. The van der Waals surface area contributed by atoms with Crippen LogP contribution in [0.4, 0.5) is 5.69 Å². The summed E-state index contributed by atoms with van der Waals surface area (Å²) in [6, 6.07) is 22.2. The van der Waals surface area contributed by atoms with Gasteiger partial charge in [0.15, 0.2) is 0 Å². The largest absolute Gasteiger partial charge is 0.497 e. The number of aryl methyl sites for hydroxylation is 1. The fourth-order valence-electron chi connectivity index (χ4n) is 4.40. The quantitative estimate of drug-likeness (QED) is 0.427. The van der Waals surface area contributed by atoms with Crippen molar-refractivity contribution in [1.29, 1.82) is 0 Å². The Balaban J connectivity index is 1.52. The molecule has 1 fully saturated rings. The minimum Gasteiger partial charge on any atom is -0.497 e. The van der Waals surface area contributed by atoms with Crippen LogP contribution >= 0.6 is 0 Å². The molecule has 0 aliphatic carbocycles. The van der Waals surface area contributed by atoms with E-state index in [9.17, 15) is 13.2 Å². The zero-order valence-corrected chi connectivity index (χ0v) is 22.3. The lowest BCUT2D eigenvalue weighted by Crippen LogP contribution is -2.51. The maximum absolute atomic E-state index is 13.8. The van der Waals surface area contributed by atoms with Crippen molar-refractivity contribution in [2.24, 2.45) is 0 Å². The Labute approximate surface area is 219 Å². The highest BCUT2D eigenvalue weighted by Crippen LogP contribution is 2.29. The van der Waals surface area contributed by atoms with Crippen LogP contribution in [0.15, 0.2) is 77.7 Å². The number of rotatable bonds is 9. The van der Waals surface area contributed by atoms with Crippen molar-refractivity contribution < 1.29 is 22.7 Å². The number of ether oxygens (including phenoxy) is 2. The van der Waals surface area contributed by atoms with Crippen LogP contribution in [0.2, 0.25) is 0 Å². The highest BCUT2D eigenvalue weighted by Gasteiger charge is 2.32. The van der Waals surface area contributed by atoms with Crippen LogP contribution in [0.1, 0.15) is 11.1 Å². The van der Waals surface area contributed by atoms with Crippen LogP contribution in [-0.4, -0.2) is 70.5 Å². The zero-order valence-electron chi connectivity index (χ0n) is 21.5. The van der Waals surface area contributed by atoms with Gasteiger partial charge in [-0.2, -0.15) is 4.31 Å². The minimum absolute atomic E-state index is 0.0584. The summed E-state index contributed by atoms with van der Waals surface area (Å²) in [7, 11) is -0.942. The average molecular weight is 524 g/mol. The molecule has 8 nitrogen and oxygen atoms in total. The number of hydrogen-bond donors (Lipinski definition) is 0. The summed E-state index contributed by atoms with van der Waals surface area (Å²) in [5, 5.41) is 0. The summed E-state index contributed by atoms with van der Waals surface area (Å²) < 4.78 is 39.5. The Hall–Kier alpha value is -3.56. The minimum atomic E-state index is -4.02.